The Bertz CT molecular complexity index is 745. The van der Waals surface area contributed by atoms with Crippen LogP contribution in [-0.2, 0) is 4.79 Å². The average molecular weight is 373 g/mol. The van der Waals surface area contributed by atoms with Gasteiger partial charge in [-0.1, -0.05) is 11.6 Å². The number of aryl methyl sites for hydroxylation is 2. The molecule has 1 fully saturated rings. The maximum Gasteiger partial charge on any atom is 0.262 e. The number of ether oxygens (including phenoxy) is 1. The van der Waals surface area contributed by atoms with Gasteiger partial charge >= 0.3 is 0 Å². The van der Waals surface area contributed by atoms with Gasteiger partial charge in [-0.25, -0.2) is 0 Å². The number of rotatable bonds is 5. The van der Waals surface area contributed by atoms with Gasteiger partial charge in [0.1, 0.15) is 5.75 Å². The van der Waals surface area contributed by atoms with Crippen molar-refractivity contribution in [3.05, 3.63) is 52.5 Å². The van der Waals surface area contributed by atoms with E-state index in [2.05, 4.69) is 22.3 Å². The fraction of sp³-hybridized carbons (Fsp3) is 0.381. The molecule has 1 aliphatic rings. The number of benzene rings is 2. The predicted molar refractivity (Wildman–Crippen MR) is 108 cm³/mol. The third kappa shape index (κ3) is 4.70. The van der Waals surface area contributed by atoms with E-state index in [4.69, 9.17) is 16.3 Å². The maximum absolute atomic E-state index is 12.2. The molecule has 0 spiro atoms. The van der Waals surface area contributed by atoms with Crippen LogP contribution in [0.5, 0.6) is 5.75 Å². The third-order valence-electron chi connectivity index (χ3n) is 4.64. The number of hydrogen-bond acceptors (Lipinski definition) is 3. The molecule has 1 heterocycles. The van der Waals surface area contributed by atoms with E-state index in [1.54, 1.807) is 0 Å². The molecule has 2 aromatic rings. The molecule has 1 N–H and O–H groups in total. The number of piperidine rings is 1. The first kappa shape index (κ1) is 18.6. The van der Waals surface area contributed by atoms with E-state index < -0.39 is 0 Å². The summed E-state index contributed by atoms with van der Waals surface area (Å²) in [5, 5.41) is 3.56. The lowest BCUT2D eigenvalue weighted by molar-refractivity contribution is -0.118. The molecule has 5 heteroatoms. The molecule has 4 nitrogen and oxygen atoms in total. The van der Waals surface area contributed by atoms with Gasteiger partial charge in [-0.2, -0.15) is 0 Å². The van der Waals surface area contributed by atoms with E-state index >= 15 is 0 Å². The molecule has 0 aromatic heterocycles. The Morgan fingerprint density at radius 1 is 1.08 bits per heavy atom. The minimum atomic E-state index is -0.176. The zero-order chi connectivity index (χ0) is 18.5. The summed E-state index contributed by atoms with van der Waals surface area (Å²) >= 11 is 6.02. The SMILES string of the molecule is Cc1cc(Cl)cc(C)c1OCC(=O)Nc1ccc(N2CCCCC2)cc1. The summed E-state index contributed by atoms with van der Waals surface area (Å²) in [5.74, 6) is 0.537. The van der Waals surface area contributed by atoms with Crippen molar-refractivity contribution in [2.45, 2.75) is 33.1 Å². The molecule has 0 atom stereocenters. The van der Waals surface area contributed by atoms with Crippen molar-refractivity contribution >= 4 is 28.9 Å². The van der Waals surface area contributed by atoms with Gasteiger partial charge in [0, 0.05) is 29.5 Å². The molecule has 1 amide bonds. The summed E-state index contributed by atoms with van der Waals surface area (Å²) in [6.45, 7) is 6.03. The summed E-state index contributed by atoms with van der Waals surface area (Å²) in [6.07, 6.45) is 3.82. The van der Waals surface area contributed by atoms with Crippen LogP contribution in [0.2, 0.25) is 5.02 Å². The standard InChI is InChI=1S/C21H25ClN2O2/c1-15-12-17(22)13-16(2)21(15)26-14-20(25)23-18-6-8-19(9-7-18)24-10-4-3-5-11-24/h6-9,12-13H,3-5,10-11,14H2,1-2H3,(H,23,25). The first-order valence-electron chi connectivity index (χ1n) is 9.07. The number of halogens is 1. The van der Waals surface area contributed by atoms with E-state index in [9.17, 15) is 4.79 Å². The second kappa shape index (κ2) is 8.45. The molecule has 1 aliphatic heterocycles. The Balaban J connectivity index is 1.55. The average Bonchev–Trinajstić information content (AvgIpc) is 2.62. The lowest BCUT2D eigenvalue weighted by Gasteiger charge is -2.28. The second-order valence-electron chi connectivity index (χ2n) is 6.80. The molecular weight excluding hydrogens is 348 g/mol. The smallest absolute Gasteiger partial charge is 0.262 e. The van der Waals surface area contributed by atoms with Gasteiger partial charge in [0.15, 0.2) is 6.61 Å². The monoisotopic (exact) mass is 372 g/mol. The minimum absolute atomic E-state index is 0.0306. The van der Waals surface area contributed by atoms with Crippen LogP contribution in [0.3, 0.4) is 0 Å². The van der Waals surface area contributed by atoms with Crippen LogP contribution >= 0.6 is 11.6 Å². The molecule has 2 aromatic carbocycles. The van der Waals surface area contributed by atoms with Crippen molar-refractivity contribution in [3.8, 4) is 5.75 Å². The highest BCUT2D eigenvalue weighted by Gasteiger charge is 2.12. The summed E-state index contributed by atoms with van der Waals surface area (Å²) in [7, 11) is 0. The van der Waals surface area contributed by atoms with E-state index in [0.29, 0.717) is 10.8 Å². The van der Waals surface area contributed by atoms with Crippen LogP contribution < -0.4 is 15.0 Å². The Kier molecular flexibility index (Phi) is 6.04. The van der Waals surface area contributed by atoms with Gasteiger partial charge in [0.25, 0.3) is 5.91 Å². The fourth-order valence-electron chi connectivity index (χ4n) is 3.37. The Hall–Kier alpha value is -2.20. The zero-order valence-corrected chi connectivity index (χ0v) is 16.1. The van der Waals surface area contributed by atoms with E-state index in [-0.39, 0.29) is 12.5 Å². The first-order valence-corrected chi connectivity index (χ1v) is 9.45. The summed E-state index contributed by atoms with van der Waals surface area (Å²) < 4.78 is 5.70. The van der Waals surface area contributed by atoms with Gasteiger partial charge in [-0.3, -0.25) is 4.79 Å². The van der Waals surface area contributed by atoms with Crippen LogP contribution in [-0.4, -0.2) is 25.6 Å². The number of nitrogens with one attached hydrogen (secondary N) is 1. The van der Waals surface area contributed by atoms with Crippen LogP contribution in [0.4, 0.5) is 11.4 Å². The highest BCUT2D eigenvalue weighted by Crippen LogP contribution is 2.27. The topological polar surface area (TPSA) is 41.6 Å². The maximum atomic E-state index is 12.2. The molecule has 26 heavy (non-hydrogen) atoms. The number of hydrogen-bond donors (Lipinski definition) is 1. The predicted octanol–water partition coefficient (Wildman–Crippen LogP) is 4.96. The number of nitrogens with zero attached hydrogens (tertiary/aromatic N) is 1. The molecule has 0 radical (unpaired) electrons. The highest BCUT2D eigenvalue weighted by atomic mass is 35.5. The van der Waals surface area contributed by atoms with Crippen LogP contribution in [0.25, 0.3) is 0 Å². The second-order valence-corrected chi connectivity index (χ2v) is 7.24. The molecule has 0 bridgehead atoms. The number of amides is 1. The van der Waals surface area contributed by atoms with Crippen LogP contribution in [0.15, 0.2) is 36.4 Å². The molecule has 0 aliphatic carbocycles. The van der Waals surface area contributed by atoms with Crippen molar-refractivity contribution in [2.75, 3.05) is 29.9 Å². The largest absolute Gasteiger partial charge is 0.483 e. The van der Waals surface area contributed by atoms with Gasteiger partial charge in [-0.05, 0) is 80.6 Å². The summed E-state index contributed by atoms with van der Waals surface area (Å²) in [6, 6.07) is 11.7. The summed E-state index contributed by atoms with van der Waals surface area (Å²) in [4.78, 5) is 14.6. The van der Waals surface area contributed by atoms with Gasteiger partial charge in [0.05, 0.1) is 0 Å². The normalized spacial score (nSPS) is 14.2. The molecule has 0 saturated carbocycles. The first-order chi connectivity index (χ1) is 12.5. The van der Waals surface area contributed by atoms with E-state index in [0.717, 1.165) is 29.9 Å². The van der Waals surface area contributed by atoms with E-state index in [1.165, 1.54) is 24.9 Å². The quantitative estimate of drug-likeness (QED) is 0.806. The number of carbonyl (C=O) groups excluding carboxylic acids is 1. The molecule has 0 unspecified atom stereocenters. The number of anilines is 2. The van der Waals surface area contributed by atoms with Crippen molar-refractivity contribution in [3.63, 3.8) is 0 Å². The zero-order valence-electron chi connectivity index (χ0n) is 15.3. The van der Waals surface area contributed by atoms with Gasteiger partial charge < -0.3 is 15.0 Å². The molecule has 1 saturated heterocycles. The van der Waals surface area contributed by atoms with Crippen molar-refractivity contribution < 1.29 is 9.53 Å². The van der Waals surface area contributed by atoms with Crippen LogP contribution in [0, 0.1) is 13.8 Å². The lowest BCUT2D eigenvalue weighted by atomic mass is 10.1. The molecular formula is C21H25ClN2O2. The third-order valence-corrected chi connectivity index (χ3v) is 4.86. The summed E-state index contributed by atoms with van der Waals surface area (Å²) in [5.41, 5.74) is 3.85. The Morgan fingerprint density at radius 3 is 2.31 bits per heavy atom. The van der Waals surface area contributed by atoms with Gasteiger partial charge in [-0.15, -0.1) is 0 Å². The Morgan fingerprint density at radius 2 is 1.69 bits per heavy atom. The number of carbonyl (C=O) groups is 1. The fourth-order valence-corrected chi connectivity index (χ4v) is 3.69. The lowest BCUT2D eigenvalue weighted by Crippen LogP contribution is -2.29. The minimum Gasteiger partial charge on any atom is -0.483 e. The highest BCUT2D eigenvalue weighted by molar-refractivity contribution is 6.30. The molecule has 138 valence electrons. The van der Waals surface area contributed by atoms with Crippen LogP contribution in [0.1, 0.15) is 30.4 Å². The van der Waals surface area contributed by atoms with Gasteiger partial charge in [0.2, 0.25) is 0 Å². The van der Waals surface area contributed by atoms with E-state index in [1.807, 2.05) is 38.1 Å². The van der Waals surface area contributed by atoms with Crippen molar-refractivity contribution in [2.24, 2.45) is 0 Å². The van der Waals surface area contributed by atoms with Crippen molar-refractivity contribution in [1.29, 1.82) is 0 Å². The van der Waals surface area contributed by atoms with Crippen molar-refractivity contribution in [1.82, 2.24) is 0 Å². The molecule has 3 rings (SSSR count). The Labute approximate surface area is 160 Å².